The lowest BCUT2D eigenvalue weighted by Crippen LogP contribution is -2.35. The van der Waals surface area contributed by atoms with E-state index in [4.69, 9.17) is 9.47 Å². The summed E-state index contributed by atoms with van der Waals surface area (Å²) in [6.45, 7) is 4.61. The van der Waals surface area contributed by atoms with E-state index in [2.05, 4.69) is 29.3 Å². The van der Waals surface area contributed by atoms with Crippen LogP contribution < -0.4 is 14.8 Å². The Kier molecular flexibility index (Phi) is 4.89. The Morgan fingerprint density at radius 3 is 2.64 bits per heavy atom. The standard InChI is InChI=1S/C18H28N2O2/c1-13-10-15(12-20(13)16-5-6-16)19-9-8-14-4-7-17(21-2)18(11-14)22-3/h4,7,11,13,15-16,19H,5-6,8-10,12H2,1-3H3/t13-,15+/m0/s1. The van der Waals surface area contributed by atoms with E-state index in [0.717, 1.165) is 36.5 Å². The van der Waals surface area contributed by atoms with Crippen LogP contribution in [0, 0.1) is 0 Å². The number of hydrogen-bond acceptors (Lipinski definition) is 4. The third kappa shape index (κ3) is 3.55. The van der Waals surface area contributed by atoms with Gasteiger partial charge in [-0.2, -0.15) is 0 Å². The maximum atomic E-state index is 5.37. The Hall–Kier alpha value is -1.26. The first-order chi connectivity index (χ1) is 10.7. The summed E-state index contributed by atoms with van der Waals surface area (Å²) < 4.78 is 10.6. The van der Waals surface area contributed by atoms with E-state index in [1.165, 1.54) is 31.4 Å². The molecule has 0 amide bonds. The first-order valence-electron chi connectivity index (χ1n) is 8.41. The molecule has 0 bridgehead atoms. The van der Waals surface area contributed by atoms with Crippen LogP contribution >= 0.6 is 0 Å². The fraction of sp³-hybridized carbons (Fsp3) is 0.667. The predicted molar refractivity (Wildman–Crippen MR) is 88.8 cm³/mol. The fourth-order valence-electron chi connectivity index (χ4n) is 3.58. The molecule has 2 aliphatic rings. The van der Waals surface area contributed by atoms with Crippen molar-refractivity contribution in [2.24, 2.45) is 0 Å². The monoisotopic (exact) mass is 304 g/mol. The fourth-order valence-corrected chi connectivity index (χ4v) is 3.58. The van der Waals surface area contributed by atoms with Crippen LogP contribution in [0.15, 0.2) is 18.2 Å². The molecule has 0 unspecified atom stereocenters. The molecule has 1 aromatic rings. The van der Waals surface area contributed by atoms with Crippen LogP contribution in [0.1, 0.15) is 31.7 Å². The molecule has 1 aliphatic carbocycles. The smallest absolute Gasteiger partial charge is 0.160 e. The third-order valence-corrected chi connectivity index (χ3v) is 4.93. The highest BCUT2D eigenvalue weighted by Gasteiger charge is 2.38. The number of likely N-dealkylation sites (tertiary alicyclic amines) is 1. The van der Waals surface area contributed by atoms with Crippen molar-refractivity contribution in [1.29, 1.82) is 0 Å². The summed E-state index contributed by atoms with van der Waals surface area (Å²) >= 11 is 0. The largest absolute Gasteiger partial charge is 0.493 e. The van der Waals surface area contributed by atoms with Crippen LogP contribution in [0.25, 0.3) is 0 Å². The van der Waals surface area contributed by atoms with Gasteiger partial charge in [-0.25, -0.2) is 0 Å². The number of benzene rings is 1. The van der Waals surface area contributed by atoms with Gasteiger partial charge in [0, 0.05) is 24.7 Å². The quantitative estimate of drug-likeness (QED) is 0.839. The molecule has 0 aromatic heterocycles. The Labute approximate surface area is 133 Å². The maximum absolute atomic E-state index is 5.37. The van der Waals surface area contributed by atoms with Gasteiger partial charge in [-0.3, -0.25) is 4.90 Å². The second-order valence-corrected chi connectivity index (χ2v) is 6.60. The molecule has 2 fully saturated rings. The second-order valence-electron chi connectivity index (χ2n) is 6.60. The summed E-state index contributed by atoms with van der Waals surface area (Å²) in [7, 11) is 3.36. The Balaban J connectivity index is 1.47. The number of nitrogens with zero attached hydrogens (tertiary/aromatic N) is 1. The number of rotatable bonds is 7. The van der Waals surface area contributed by atoms with Crippen molar-refractivity contribution in [1.82, 2.24) is 10.2 Å². The minimum Gasteiger partial charge on any atom is -0.493 e. The first-order valence-corrected chi connectivity index (χ1v) is 8.41. The highest BCUT2D eigenvalue weighted by molar-refractivity contribution is 5.42. The summed E-state index contributed by atoms with van der Waals surface area (Å²) in [5, 5.41) is 3.73. The van der Waals surface area contributed by atoms with E-state index in [9.17, 15) is 0 Å². The van der Waals surface area contributed by atoms with Crippen LogP contribution in [0.5, 0.6) is 11.5 Å². The molecule has 1 saturated carbocycles. The van der Waals surface area contributed by atoms with Crippen LogP contribution in [-0.4, -0.2) is 50.3 Å². The number of hydrogen-bond donors (Lipinski definition) is 1. The molecule has 4 heteroatoms. The molecule has 22 heavy (non-hydrogen) atoms. The van der Waals surface area contributed by atoms with Crippen molar-refractivity contribution in [2.45, 2.75) is 50.7 Å². The lowest BCUT2D eigenvalue weighted by Gasteiger charge is -2.19. The van der Waals surface area contributed by atoms with Gasteiger partial charge in [-0.05, 0) is 56.8 Å². The zero-order chi connectivity index (χ0) is 15.5. The summed E-state index contributed by atoms with van der Waals surface area (Å²) in [6, 6.07) is 8.46. The van der Waals surface area contributed by atoms with E-state index >= 15 is 0 Å². The Morgan fingerprint density at radius 2 is 1.95 bits per heavy atom. The molecule has 1 aromatic carbocycles. The van der Waals surface area contributed by atoms with Crippen molar-refractivity contribution >= 4 is 0 Å². The van der Waals surface area contributed by atoms with Gasteiger partial charge in [-0.1, -0.05) is 6.07 Å². The summed E-state index contributed by atoms with van der Waals surface area (Å²) in [5.74, 6) is 1.61. The zero-order valence-electron chi connectivity index (χ0n) is 14.0. The van der Waals surface area contributed by atoms with Gasteiger partial charge >= 0.3 is 0 Å². The van der Waals surface area contributed by atoms with Crippen LogP contribution in [0.4, 0.5) is 0 Å². The number of ether oxygens (including phenoxy) is 2. The maximum Gasteiger partial charge on any atom is 0.160 e. The number of methoxy groups -OCH3 is 2. The van der Waals surface area contributed by atoms with Crippen molar-refractivity contribution in [3.05, 3.63) is 23.8 Å². The molecular formula is C18H28N2O2. The minimum atomic E-state index is 0.649. The van der Waals surface area contributed by atoms with E-state index in [1.54, 1.807) is 14.2 Å². The molecular weight excluding hydrogens is 276 g/mol. The molecule has 0 spiro atoms. The molecule has 1 heterocycles. The van der Waals surface area contributed by atoms with Gasteiger partial charge in [0.15, 0.2) is 11.5 Å². The van der Waals surface area contributed by atoms with Crippen LogP contribution in [-0.2, 0) is 6.42 Å². The summed E-state index contributed by atoms with van der Waals surface area (Å²) in [5.41, 5.74) is 1.29. The lowest BCUT2D eigenvalue weighted by molar-refractivity contribution is 0.255. The van der Waals surface area contributed by atoms with Gasteiger partial charge in [0.1, 0.15) is 0 Å². The van der Waals surface area contributed by atoms with Crippen LogP contribution in [0.2, 0.25) is 0 Å². The molecule has 122 valence electrons. The second kappa shape index (κ2) is 6.88. The van der Waals surface area contributed by atoms with E-state index in [0.29, 0.717) is 6.04 Å². The van der Waals surface area contributed by atoms with Gasteiger partial charge in [0.2, 0.25) is 0 Å². The van der Waals surface area contributed by atoms with Gasteiger partial charge in [0.25, 0.3) is 0 Å². The van der Waals surface area contributed by atoms with Crippen molar-refractivity contribution in [3.63, 3.8) is 0 Å². The SMILES string of the molecule is COc1ccc(CCN[C@@H]2C[C@H](C)N(C3CC3)C2)cc1OC. The van der Waals surface area contributed by atoms with Gasteiger partial charge in [0.05, 0.1) is 14.2 Å². The average molecular weight is 304 g/mol. The average Bonchev–Trinajstić information content (AvgIpc) is 3.31. The first kappa shape index (κ1) is 15.6. The van der Waals surface area contributed by atoms with Crippen LogP contribution in [0.3, 0.4) is 0 Å². The van der Waals surface area contributed by atoms with Crippen molar-refractivity contribution in [3.8, 4) is 11.5 Å². The molecule has 1 aliphatic heterocycles. The summed E-state index contributed by atoms with van der Waals surface area (Å²) in [6.07, 6.45) is 5.11. The number of nitrogens with one attached hydrogen (secondary N) is 1. The Morgan fingerprint density at radius 1 is 1.18 bits per heavy atom. The molecule has 1 saturated heterocycles. The Bertz CT molecular complexity index is 502. The predicted octanol–water partition coefficient (Wildman–Crippen LogP) is 2.46. The van der Waals surface area contributed by atoms with Gasteiger partial charge in [-0.15, -0.1) is 0 Å². The molecule has 4 nitrogen and oxygen atoms in total. The van der Waals surface area contributed by atoms with E-state index in [-0.39, 0.29) is 0 Å². The molecule has 0 radical (unpaired) electrons. The molecule has 1 N–H and O–H groups in total. The van der Waals surface area contributed by atoms with E-state index in [1.807, 2.05) is 6.07 Å². The van der Waals surface area contributed by atoms with E-state index < -0.39 is 0 Å². The zero-order valence-corrected chi connectivity index (χ0v) is 14.0. The van der Waals surface area contributed by atoms with Crippen molar-refractivity contribution < 1.29 is 9.47 Å². The van der Waals surface area contributed by atoms with Gasteiger partial charge < -0.3 is 14.8 Å². The molecule has 2 atom stereocenters. The highest BCUT2D eigenvalue weighted by atomic mass is 16.5. The highest BCUT2D eigenvalue weighted by Crippen LogP contribution is 2.33. The minimum absolute atomic E-state index is 0.649. The van der Waals surface area contributed by atoms with Crippen molar-refractivity contribution in [2.75, 3.05) is 27.3 Å². The lowest BCUT2D eigenvalue weighted by atomic mass is 10.1. The topological polar surface area (TPSA) is 33.7 Å². The normalized spacial score (nSPS) is 25.4. The summed E-state index contributed by atoms with van der Waals surface area (Å²) in [4.78, 5) is 2.69. The molecule has 3 rings (SSSR count). The third-order valence-electron chi connectivity index (χ3n) is 4.93.